The van der Waals surface area contributed by atoms with Crippen molar-refractivity contribution < 1.29 is 28.8 Å². The van der Waals surface area contributed by atoms with E-state index in [1.54, 1.807) is 17.0 Å². The Kier molecular flexibility index (Phi) is 9.53. The molecule has 0 aliphatic carbocycles. The molecule has 0 saturated carbocycles. The Morgan fingerprint density at radius 1 is 1.25 bits per heavy atom. The number of ether oxygens (including phenoxy) is 1. The van der Waals surface area contributed by atoms with E-state index in [4.69, 9.17) is 9.15 Å². The first kappa shape index (κ1) is 29.6. The van der Waals surface area contributed by atoms with Crippen LogP contribution in [0.1, 0.15) is 32.3 Å². The van der Waals surface area contributed by atoms with Crippen LogP contribution < -0.4 is 5.32 Å². The zero-order chi connectivity index (χ0) is 28.9. The fraction of sp³-hybridized carbons (Fsp3) is 0.536. The number of fused-ring (bicyclic) bond motifs is 1. The van der Waals surface area contributed by atoms with Crippen LogP contribution in [-0.4, -0.2) is 108 Å². The fourth-order valence-corrected chi connectivity index (χ4v) is 5.42. The molecule has 1 aromatic carbocycles. The van der Waals surface area contributed by atoms with E-state index in [1.807, 2.05) is 32.0 Å². The third kappa shape index (κ3) is 7.03. The Morgan fingerprint density at radius 2 is 1.98 bits per heavy atom. The molecule has 2 fully saturated rings. The van der Waals surface area contributed by atoms with Gasteiger partial charge in [-0.3, -0.25) is 9.69 Å². The molecule has 0 spiro atoms. The van der Waals surface area contributed by atoms with Gasteiger partial charge < -0.3 is 34.3 Å². The van der Waals surface area contributed by atoms with E-state index in [9.17, 15) is 24.9 Å². The number of amides is 2. The quantitative estimate of drug-likeness (QED) is 0.240. The molecule has 4 rings (SSSR count). The fourth-order valence-electron chi connectivity index (χ4n) is 5.42. The number of furan rings is 1. The van der Waals surface area contributed by atoms with Crippen LogP contribution in [0.3, 0.4) is 0 Å². The van der Waals surface area contributed by atoms with Crippen LogP contribution in [0.15, 0.2) is 46.6 Å². The average molecular weight is 551 g/mol. The maximum absolute atomic E-state index is 13.4. The Bertz CT molecular complexity index is 1260. The molecule has 2 aromatic rings. The number of carbonyl (C=O) groups excluding carboxylic acids is 2. The highest BCUT2D eigenvalue weighted by Gasteiger charge is 2.35. The Morgan fingerprint density at radius 3 is 2.67 bits per heavy atom. The van der Waals surface area contributed by atoms with Crippen LogP contribution in [0.4, 0.5) is 4.79 Å². The first-order valence-electron chi connectivity index (χ1n) is 13.7. The molecule has 40 heavy (non-hydrogen) atoms. The number of nitrogens with zero attached hydrogens (tertiary/aromatic N) is 4. The largest absolute Gasteiger partial charge is 0.475 e. The number of hydrogen-bond acceptors (Lipinski definition) is 9. The number of rotatable bonds is 9. The van der Waals surface area contributed by atoms with E-state index in [1.165, 1.54) is 6.26 Å². The lowest BCUT2D eigenvalue weighted by molar-refractivity contribution is -0.128. The van der Waals surface area contributed by atoms with Crippen molar-refractivity contribution >= 4 is 30.1 Å². The lowest BCUT2D eigenvalue weighted by Crippen LogP contribution is -2.53. The van der Waals surface area contributed by atoms with Crippen molar-refractivity contribution in [2.75, 3.05) is 46.4 Å². The zero-order valence-electron chi connectivity index (χ0n) is 23.4. The van der Waals surface area contributed by atoms with E-state index in [2.05, 4.69) is 28.2 Å². The summed E-state index contributed by atoms with van der Waals surface area (Å²) < 4.78 is 10.9. The SMILES string of the molecule is CN1CCN(C(C)(C)C=C(C#N)C(=O)N2CCC[C@@H]2COC(=O)N[C@@H](Cc2coc3ccccc23)B(O)O)CC1. The molecule has 2 aliphatic heterocycles. The molecule has 1 aromatic heterocycles. The van der Waals surface area contributed by atoms with E-state index < -0.39 is 24.7 Å². The Balaban J connectivity index is 1.35. The number of likely N-dealkylation sites (N-methyl/N-ethyl adjacent to an activating group) is 1. The molecule has 11 nitrogen and oxygen atoms in total. The van der Waals surface area contributed by atoms with Gasteiger partial charge in [-0.05, 0) is 57.9 Å². The summed E-state index contributed by atoms with van der Waals surface area (Å²) in [6, 6.07) is 9.06. The number of carbonyl (C=O) groups is 2. The number of hydrogen-bond donors (Lipinski definition) is 3. The molecule has 0 radical (unpaired) electrons. The number of para-hydroxylation sites is 1. The summed E-state index contributed by atoms with van der Waals surface area (Å²) in [4.78, 5) is 32.1. The summed E-state index contributed by atoms with van der Waals surface area (Å²) in [5.41, 5.74) is 0.997. The first-order chi connectivity index (χ1) is 19.1. The van der Waals surface area contributed by atoms with Crippen LogP contribution in [0.25, 0.3) is 11.0 Å². The van der Waals surface area contributed by atoms with Gasteiger partial charge >= 0.3 is 13.2 Å². The van der Waals surface area contributed by atoms with Crippen LogP contribution in [-0.2, 0) is 16.0 Å². The predicted octanol–water partition coefficient (Wildman–Crippen LogP) is 1.55. The summed E-state index contributed by atoms with van der Waals surface area (Å²) in [5, 5.41) is 32.9. The average Bonchev–Trinajstić information content (AvgIpc) is 3.57. The molecule has 2 atom stereocenters. The summed E-state index contributed by atoms with van der Waals surface area (Å²) in [6.45, 7) is 7.97. The minimum absolute atomic E-state index is 0.0684. The van der Waals surface area contributed by atoms with Crippen molar-refractivity contribution in [3.05, 3.63) is 47.7 Å². The van der Waals surface area contributed by atoms with Gasteiger partial charge in [0.15, 0.2) is 0 Å². The van der Waals surface area contributed by atoms with E-state index >= 15 is 0 Å². The van der Waals surface area contributed by atoms with Gasteiger partial charge in [0.05, 0.1) is 18.2 Å². The first-order valence-corrected chi connectivity index (χ1v) is 13.7. The Labute approximate surface area is 235 Å². The highest BCUT2D eigenvalue weighted by Crippen LogP contribution is 2.25. The Hall–Kier alpha value is -3.37. The molecule has 3 heterocycles. The van der Waals surface area contributed by atoms with Gasteiger partial charge in [0.2, 0.25) is 0 Å². The van der Waals surface area contributed by atoms with Crippen LogP contribution in [0.2, 0.25) is 0 Å². The van der Waals surface area contributed by atoms with Gasteiger partial charge in [-0.15, -0.1) is 0 Å². The van der Waals surface area contributed by atoms with Gasteiger partial charge in [0.25, 0.3) is 5.91 Å². The maximum Gasteiger partial charge on any atom is 0.475 e. The van der Waals surface area contributed by atoms with Crippen LogP contribution in [0, 0.1) is 11.3 Å². The van der Waals surface area contributed by atoms with Gasteiger partial charge in [-0.1, -0.05) is 18.2 Å². The number of likely N-dealkylation sites (tertiary alicyclic amines) is 1. The van der Waals surface area contributed by atoms with Crippen molar-refractivity contribution in [3.8, 4) is 6.07 Å². The number of nitriles is 1. The summed E-state index contributed by atoms with van der Waals surface area (Å²) >= 11 is 0. The van der Waals surface area contributed by atoms with Gasteiger partial charge in [-0.2, -0.15) is 5.26 Å². The molecular weight excluding hydrogens is 513 g/mol. The molecule has 3 N–H and O–H groups in total. The minimum Gasteiger partial charge on any atom is -0.464 e. The second-order valence-electron chi connectivity index (χ2n) is 11.1. The van der Waals surface area contributed by atoms with Crippen molar-refractivity contribution in [1.29, 1.82) is 5.26 Å². The lowest BCUT2D eigenvalue weighted by Gasteiger charge is -2.42. The van der Waals surface area contributed by atoms with Gasteiger partial charge in [0, 0.05) is 43.6 Å². The highest BCUT2D eigenvalue weighted by atomic mass is 16.5. The molecule has 214 valence electrons. The molecular formula is C28H38BN5O6. The normalized spacial score (nSPS) is 19.9. The van der Waals surface area contributed by atoms with Crippen molar-refractivity contribution in [1.82, 2.24) is 20.0 Å². The molecule has 12 heteroatoms. The topological polar surface area (TPSA) is 143 Å². The molecule has 2 amide bonds. The van der Waals surface area contributed by atoms with E-state index in [-0.39, 0.29) is 30.5 Å². The van der Waals surface area contributed by atoms with E-state index in [0.29, 0.717) is 18.5 Å². The monoisotopic (exact) mass is 551 g/mol. The van der Waals surface area contributed by atoms with Gasteiger partial charge in [0.1, 0.15) is 23.8 Å². The number of nitrogens with one attached hydrogen (secondary N) is 1. The van der Waals surface area contributed by atoms with Crippen molar-refractivity contribution in [2.45, 2.75) is 50.6 Å². The summed E-state index contributed by atoms with van der Waals surface area (Å²) in [7, 11) is 0.255. The van der Waals surface area contributed by atoms with E-state index in [0.717, 1.165) is 43.5 Å². The molecule has 0 bridgehead atoms. The summed E-state index contributed by atoms with van der Waals surface area (Å²) in [6.07, 6.45) is 3.94. The maximum atomic E-state index is 13.4. The predicted molar refractivity (Wildman–Crippen MR) is 150 cm³/mol. The van der Waals surface area contributed by atoms with Crippen molar-refractivity contribution in [2.24, 2.45) is 0 Å². The second-order valence-corrected chi connectivity index (χ2v) is 11.1. The smallest absolute Gasteiger partial charge is 0.464 e. The number of piperazine rings is 1. The standard InChI is InChI=1S/C28H38BN5O6/c1-28(2,33-13-11-32(3)12-14-33)16-21(17-30)26(35)34-10-6-7-22(34)19-40-27(36)31-25(29(37)38)15-20-18-39-24-9-5-4-8-23(20)24/h4-5,8-9,16,18,22,25,37-38H,6-7,10-15,19H2,1-3H3,(H,31,36)/t22-,25+/m1/s1. The van der Waals surface area contributed by atoms with Crippen LogP contribution >= 0.6 is 0 Å². The number of benzene rings is 1. The number of alkyl carbamates (subject to hydrolysis) is 1. The minimum atomic E-state index is -1.82. The molecule has 2 aliphatic rings. The lowest BCUT2D eigenvalue weighted by atomic mass is 9.76. The highest BCUT2D eigenvalue weighted by molar-refractivity contribution is 6.43. The summed E-state index contributed by atoms with van der Waals surface area (Å²) in [5.74, 6) is -1.40. The van der Waals surface area contributed by atoms with Crippen molar-refractivity contribution in [3.63, 3.8) is 0 Å². The second kappa shape index (κ2) is 12.9. The zero-order valence-corrected chi connectivity index (χ0v) is 23.4. The third-order valence-corrected chi connectivity index (χ3v) is 7.88. The molecule has 0 unspecified atom stereocenters. The third-order valence-electron chi connectivity index (χ3n) is 7.88. The van der Waals surface area contributed by atoms with Gasteiger partial charge in [-0.25, -0.2) is 4.79 Å². The molecule has 2 saturated heterocycles. The van der Waals surface area contributed by atoms with Crippen LogP contribution in [0.5, 0.6) is 0 Å².